The van der Waals surface area contributed by atoms with E-state index in [2.05, 4.69) is 104 Å². The van der Waals surface area contributed by atoms with Crippen LogP contribution in [-0.4, -0.2) is 167 Å². The van der Waals surface area contributed by atoms with Crippen LogP contribution in [0.25, 0.3) is 55.5 Å². The van der Waals surface area contributed by atoms with Gasteiger partial charge in [-0.1, -0.05) is 92.7 Å². The number of anilines is 10. The molecule has 15 aromatic rings. The number of nitrogens with one attached hydrogen (secondary N) is 7. The van der Waals surface area contributed by atoms with Gasteiger partial charge in [-0.2, -0.15) is 28.1 Å². The fourth-order valence-corrected chi connectivity index (χ4v) is 20.3. The van der Waals surface area contributed by atoms with E-state index in [1.54, 1.807) is 106 Å². The van der Waals surface area contributed by atoms with Crippen LogP contribution in [0, 0.1) is 19.7 Å². The fraction of sp³-hybridized carbons (Fsp3) is 0.273. The minimum atomic E-state index is -4.58. The number of hydrogen-bond acceptors (Lipinski definition) is 25. The van der Waals surface area contributed by atoms with Gasteiger partial charge < -0.3 is 51.8 Å². The van der Waals surface area contributed by atoms with Crippen molar-refractivity contribution in [3.63, 3.8) is 0 Å². The molecule has 27 nitrogen and oxygen atoms in total. The number of fused-ring (bicyclic) bond motifs is 3. The molecule has 6 atom stereocenters. The number of thiazole rings is 1. The summed E-state index contributed by atoms with van der Waals surface area (Å²) in [6, 6.07) is 56.5. The van der Waals surface area contributed by atoms with Crippen LogP contribution in [0.15, 0.2) is 254 Å². The first-order valence-electron chi connectivity index (χ1n) is 43.8. The first-order chi connectivity index (χ1) is 64.6. The van der Waals surface area contributed by atoms with E-state index in [1.807, 2.05) is 137 Å². The van der Waals surface area contributed by atoms with E-state index in [0.717, 1.165) is 81.8 Å². The van der Waals surface area contributed by atoms with Gasteiger partial charge in [-0.25, -0.2) is 24.3 Å². The molecule has 8 aromatic heterocycles. The van der Waals surface area contributed by atoms with Crippen LogP contribution in [0.2, 0.25) is 0 Å². The van der Waals surface area contributed by atoms with Crippen LogP contribution in [0.5, 0.6) is 0 Å². The highest BCUT2D eigenvalue weighted by Gasteiger charge is 2.36. The molecule has 0 saturated carbocycles. The maximum absolute atomic E-state index is 15.3. The lowest BCUT2D eigenvalue weighted by Gasteiger charge is -2.37. The zero-order valence-electron chi connectivity index (χ0n) is 75.1. The average Bonchev–Trinajstić information content (AvgIpc) is 1.02. The number of piperazine rings is 2. The molecule has 0 radical (unpaired) electrons. The molecule has 0 spiro atoms. The number of ether oxygens (including phenoxy) is 1. The maximum atomic E-state index is 15.3. The smallest absolute Gasteiger partial charge is 0.384 e. The number of aryl methyl sites for hydroxylation is 2. The third-order valence-corrected chi connectivity index (χ3v) is 29.4. The molecule has 0 amide bonds. The van der Waals surface area contributed by atoms with E-state index in [9.17, 15) is 40.2 Å². The number of pyridine rings is 4. The van der Waals surface area contributed by atoms with E-state index in [-0.39, 0.29) is 88.5 Å². The summed E-state index contributed by atoms with van der Waals surface area (Å²) in [4.78, 5) is 84.9. The predicted octanol–water partition coefficient (Wildman–Crippen LogP) is 16.1. The maximum Gasteiger partial charge on any atom is 0.418 e. The zero-order chi connectivity index (χ0) is 94.1. The number of benzene rings is 7. The molecule has 7 aromatic carbocycles. The molecular formula is C99H102F4N20O7S4. The second kappa shape index (κ2) is 41.6. The minimum Gasteiger partial charge on any atom is -0.384 e. The van der Waals surface area contributed by atoms with Crippen molar-refractivity contribution >= 4 is 139 Å². The van der Waals surface area contributed by atoms with E-state index < -0.39 is 48.4 Å². The molecule has 3 fully saturated rings. The minimum absolute atomic E-state index is 0.0148. The van der Waals surface area contributed by atoms with Gasteiger partial charge in [-0.3, -0.25) is 45.7 Å². The lowest BCUT2D eigenvalue weighted by atomic mass is 9.98. The highest BCUT2D eigenvalue weighted by molar-refractivity contribution is 8.00. The largest absolute Gasteiger partial charge is 0.418 e. The molecule has 0 bridgehead atoms. The normalized spacial score (nSPS) is 16.1. The molecule has 35 heteroatoms. The van der Waals surface area contributed by atoms with E-state index in [0.29, 0.717) is 122 Å². The summed E-state index contributed by atoms with van der Waals surface area (Å²) in [5.74, 6) is 5.26. The van der Waals surface area contributed by atoms with Gasteiger partial charge in [0.25, 0.3) is 16.7 Å². The Hall–Kier alpha value is -13.1. The molecular weight excluding hydrogens is 1790 g/mol. The summed E-state index contributed by atoms with van der Waals surface area (Å²) in [6.07, 6.45) is 6.31. The summed E-state index contributed by atoms with van der Waals surface area (Å²) in [5, 5.41) is 24.2. The van der Waals surface area contributed by atoms with Crippen LogP contribution in [0.3, 0.4) is 0 Å². The first kappa shape index (κ1) is 94.1. The van der Waals surface area contributed by atoms with Gasteiger partial charge in [0.15, 0.2) is 0 Å². The van der Waals surface area contributed by atoms with Crippen LogP contribution in [-0.2, 0) is 61.7 Å². The number of hydrogen-bond donors (Lipinski definition) is 7. The van der Waals surface area contributed by atoms with Crippen molar-refractivity contribution < 1.29 is 34.9 Å². The molecule has 11 heterocycles. The van der Waals surface area contributed by atoms with Gasteiger partial charge in [0.2, 0.25) is 17.8 Å². The molecule has 3 aliphatic heterocycles. The standard InChI is InChI=1S/C34H35F3N8O2S.C34H35FN6O2S.C31H32N6O3S2/c1-22(2)48(3,47)27-8-4-6-23(16-27)21-45-31-24(17-29(32(45)46)41-26-7-5-11-39-20-26)19-40-33(43-31)42-25-9-10-30(28(18-25)34(35,36)37)44-14-12-38-13-15-44;1-21-9-5-7-11-27(21)28-15-25-17-36-34(38-26-13-14-30(29(35)16-26)40-18-22(2)37-23(3)19-40)39-32(25)41(33(28)42)20-24-10-6-8-12-31(24)44(4)43;1-20-28(34-19-41-20)27-15-24-17-33-31(35-25-7-5-22(6-8-25)23-11-12-32-16-23)36-29(24)37(30(27)38)18-21-3-9-26(10-4-21)42(39)14-13-40-2/h4-11,16-20,22,38,41H,3,12-15,21H2,1-2H3,(H,40,42,43);5-17,22-23,37H,18-20H2,1-4H3,(H,36,38,39);3-10,15,17,19,23,32H,11-14,16,18H2,1-2H3,(H,33,35,36)/t;22-,23+,44?;. The van der Waals surface area contributed by atoms with Crippen molar-refractivity contribution in [3.05, 3.63) is 300 Å². The van der Waals surface area contributed by atoms with E-state index in [4.69, 9.17) is 14.7 Å². The van der Waals surface area contributed by atoms with Crippen molar-refractivity contribution in [3.8, 4) is 22.4 Å². The van der Waals surface area contributed by atoms with Crippen LogP contribution in [0.1, 0.15) is 78.3 Å². The number of halogens is 4. The van der Waals surface area contributed by atoms with Crippen molar-refractivity contribution in [1.82, 2.24) is 69.5 Å². The Kier molecular flexibility index (Phi) is 29.2. The van der Waals surface area contributed by atoms with Crippen LogP contribution >= 0.6 is 11.3 Å². The average molecular weight is 1890 g/mol. The van der Waals surface area contributed by atoms with Crippen molar-refractivity contribution in [2.75, 3.05) is 109 Å². The molecule has 7 N–H and O–H groups in total. The Morgan fingerprint density at radius 2 is 1.20 bits per heavy atom. The molecule has 0 aliphatic carbocycles. The number of alkyl halides is 3. The molecule has 18 rings (SSSR count). The third-order valence-electron chi connectivity index (χ3n) is 23.7. The zero-order valence-corrected chi connectivity index (χ0v) is 78.4. The number of methoxy groups -OCH3 is 1. The van der Waals surface area contributed by atoms with Crippen molar-refractivity contribution in [1.29, 1.82) is 0 Å². The Balaban J connectivity index is 0.000000147. The van der Waals surface area contributed by atoms with Gasteiger partial charge in [0.05, 0.1) is 93.5 Å². The van der Waals surface area contributed by atoms with Gasteiger partial charge >= 0.3 is 6.18 Å². The number of nitrogens with zero attached hydrogens (tertiary/aromatic N) is 13. The van der Waals surface area contributed by atoms with E-state index >= 15 is 4.39 Å². The van der Waals surface area contributed by atoms with Crippen LogP contribution in [0.4, 0.5) is 75.2 Å². The Bertz CT molecular complexity index is 7170. The van der Waals surface area contributed by atoms with Gasteiger partial charge in [-0.15, -0.1) is 11.3 Å². The second-order valence-electron chi connectivity index (χ2n) is 33.6. The SMILES string of the molecule is C=S(=O)(c1cccc(Cn2c(=O)c(Nc3cccnc3)cc3cnc(Nc4ccc(N5CCNCC5)c(C(F)(F)F)c4)nc32)c1)C(C)C.COCCS(=O)c1ccc(Cn2c(=O)c(-c3ncsc3C)cc3cnc(Nc4ccc(C5CCNC5)cc4)nc32)cc1.Cc1ccccc1-c1cc2cnc(Nc3ccc(N4C[C@@H](C)N[C@@H](C)C4)c(F)c3)nc2n(Cc2ccccc2S(C)=O)c1=O. The Morgan fingerprint density at radius 3 is 1.81 bits per heavy atom. The molecule has 3 saturated heterocycles. The van der Waals surface area contributed by atoms with E-state index in [1.165, 1.54) is 39.8 Å². The summed E-state index contributed by atoms with van der Waals surface area (Å²) >= 11 is 1.50. The quantitative estimate of drug-likeness (QED) is 0.0196. The van der Waals surface area contributed by atoms with Crippen molar-refractivity contribution in [2.24, 2.45) is 0 Å². The number of aromatic nitrogens is 11. The third kappa shape index (κ3) is 21.9. The highest BCUT2D eigenvalue weighted by atomic mass is 32.2. The molecule has 692 valence electrons. The topological polar surface area (TPSA) is 320 Å². The lowest BCUT2D eigenvalue weighted by molar-refractivity contribution is -0.137. The van der Waals surface area contributed by atoms with Crippen LogP contribution < -0.4 is 63.7 Å². The summed E-state index contributed by atoms with van der Waals surface area (Å²) in [6.45, 7) is 18.4. The Morgan fingerprint density at radius 1 is 0.597 bits per heavy atom. The summed E-state index contributed by atoms with van der Waals surface area (Å²) < 4.78 is 106. The van der Waals surface area contributed by atoms with Gasteiger partial charge in [0, 0.05) is 165 Å². The fourth-order valence-electron chi connectivity index (χ4n) is 16.7. The Labute approximate surface area is 781 Å². The number of rotatable bonds is 26. The van der Waals surface area contributed by atoms with Gasteiger partial charge in [0.1, 0.15) is 28.4 Å². The highest BCUT2D eigenvalue weighted by Crippen LogP contribution is 2.40. The van der Waals surface area contributed by atoms with Crippen molar-refractivity contribution in [2.45, 2.75) is 112 Å². The predicted molar refractivity (Wildman–Crippen MR) is 529 cm³/mol. The summed E-state index contributed by atoms with van der Waals surface area (Å²) in [5.41, 5.74) is 11.6. The second-order valence-corrected chi connectivity index (χ2v) is 40.4. The molecule has 3 aliphatic rings. The first-order valence-corrected chi connectivity index (χ1v) is 49.4. The molecule has 4 unspecified atom stereocenters. The van der Waals surface area contributed by atoms with Gasteiger partial charge in [-0.05, 0) is 205 Å². The monoisotopic (exact) mass is 1890 g/mol. The lowest BCUT2D eigenvalue weighted by Crippen LogP contribution is -2.54. The summed E-state index contributed by atoms with van der Waals surface area (Å²) in [7, 11) is -3.38. The molecule has 134 heavy (non-hydrogen) atoms.